The van der Waals surface area contributed by atoms with Gasteiger partial charge in [-0.2, -0.15) is 12.6 Å². The first-order chi connectivity index (χ1) is 7.24. The monoisotopic (exact) mass is 225 g/mol. The summed E-state index contributed by atoms with van der Waals surface area (Å²) >= 11 is 4.04. The van der Waals surface area contributed by atoms with E-state index in [-0.39, 0.29) is 6.09 Å². The maximum absolute atomic E-state index is 11.4. The van der Waals surface area contributed by atoms with E-state index in [2.05, 4.69) is 12.6 Å². The molecule has 0 atom stereocenters. The molecule has 1 rings (SSSR count). The van der Waals surface area contributed by atoms with Crippen LogP contribution in [0.25, 0.3) is 0 Å². The summed E-state index contributed by atoms with van der Waals surface area (Å²) in [5.41, 5.74) is 0.991. The fourth-order valence-electron chi connectivity index (χ4n) is 1.07. The molecular weight excluding hydrogens is 210 g/mol. The molecule has 0 radical (unpaired) electrons. The fraction of sp³-hybridized carbons (Fsp3) is 0.364. The first-order valence-corrected chi connectivity index (χ1v) is 5.40. The number of amides is 1. The summed E-state index contributed by atoms with van der Waals surface area (Å²) < 4.78 is 5.10. The maximum atomic E-state index is 11.4. The Morgan fingerprint density at radius 3 is 2.67 bits per heavy atom. The molecule has 82 valence electrons. The van der Waals surface area contributed by atoms with E-state index >= 15 is 0 Å². The number of carbonyl (C=O) groups is 1. The smallest absolute Gasteiger partial charge is 0.409 e. The van der Waals surface area contributed by atoms with Crippen molar-refractivity contribution in [2.24, 2.45) is 0 Å². The minimum atomic E-state index is -0.312. The van der Waals surface area contributed by atoms with Gasteiger partial charge in [-0.3, -0.25) is 0 Å². The van der Waals surface area contributed by atoms with Crippen LogP contribution < -0.4 is 0 Å². The number of ether oxygens (including phenoxy) is 1. The van der Waals surface area contributed by atoms with E-state index in [0.717, 1.165) is 5.56 Å². The van der Waals surface area contributed by atoms with Gasteiger partial charge in [-0.05, 0) is 5.56 Å². The van der Waals surface area contributed by atoms with Crippen molar-refractivity contribution in [2.45, 2.75) is 6.61 Å². The first kappa shape index (κ1) is 11.9. The highest BCUT2D eigenvalue weighted by Gasteiger charge is 2.08. The summed E-state index contributed by atoms with van der Waals surface area (Å²) in [6.07, 6.45) is -0.312. The Labute approximate surface area is 95.4 Å². The van der Waals surface area contributed by atoms with Crippen LogP contribution in [0.1, 0.15) is 5.56 Å². The van der Waals surface area contributed by atoms with Crippen LogP contribution in [0.2, 0.25) is 0 Å². The second kappa shape index (κ2) is 6.35. The average Bonchev–Trinajstić information content (AvgIpc) is 2.27. The average molecular weight is 225 g/mol. The molecule has 3 nitrogen and oxygen atoms in total. The Morgan fingerprint density at radius 2 is 2.07 bits per heavy atom. The number of rotatable bonds is 4. The second-order valence-electron chi connectivity index (χ2n) is 3.19. The van der Waals surface area contributed by atoms with Gasteiger partial charge in [0.1, 0.15) is 6.61 Å². The number of carbonyl (C=O) groups excluding carboxylic acids is 1. The third kappa shape index (κ3) is 4.25. The lowest BCUT2D eigenvalue weighted by molar-refractivity contribution is 0.107. The molecular formula is C11H15NO2S. The van der Waals surface area contributed by atoms with Crippen molar-refractivity contribution in [2.75, 3.05) is 19.3 Å². The summed E-state index contributed by atoms with van der Waals surface area (Å²) in [5, 5.41) is 0. The Hall–Kier alpha value is -1.16. The normalized spacial score (nSPS) is 9.73. The third-order valence-electron chi connectivity index (χ3n) is 1.95. The molecule has 0 N–H and O–H groups in total. The fourth-order valence-corrected chi connectivity index (χ4v) is 1.37. The quantitative estimate of drug-likeness (QED) is 0.796. The molecule has 15 heavy (non-hydrogen) atoms. The Bertz CT molecular complexity index is 303. The van der Waals surface area contributed by atoms with Gasteiger partial charge in [-0.15, -0.1) is 0 Å². The topological polar surface area (TPSA) is 29.5 Å². The van der Waals surface area contributed by atoms with Crippen LogP contribution in [0.3, 0.4) is 0 Å². The predicted octanol–water partition coefficient (Wildman–Crippen LogP) is 2.18. The van der Waals surface area contributed by atoms with Crippen LogP contribution in [0.15, 0.2) is 30.3 Å². The first-order valence-electron chi connectivity index (χ1n) is 4.76. The molecule has 0 aliphatic carbocycles. The van der Waals surface area contributed by atoms with E-state index in [4.69, 9.17) is 4.74 Å². The summed E-state index contributed by atoms with van der Waals surface area (Å²) in [6.45, 7) is 0.910. The summed E-state index contributed by atoms with van der Waals surface area (Å²) in [7, 11) is 1.70. The Kier molecular flexibility index (Phi) is 5.04. The number of hydrogen-bond acceptors (Lipinski definition) is 3. The molecule has 1 aromatic carbocycles. The van der Waals surface area contributed by atoms with Crippen molar-refractivity contribution in [3.05, 3.63) is 35.9 Å². The lowest BCUT2D eigenvalue weighted by Crippen LogP contribution is -2.29. The molecule has 0 aliphatic rings. The van der Waals surface area contributed by atoms with Crippen molar-refractivity contribution < 1.29 is 9.53 Å². The van der Waals surface area contributed by atoms with Gasteiger partial charge in [0.15, 0.2) is 0 Å². The van der Waals surface area contributed by atoms with Crippen molar-refractivity contribution in [1.82, 2.24) is 4.90 Å². The van der Waals surface area contributed by atoms with Crippen LogP contribution in [0.5, 0.6) is 0 Å². The van der Waals surface area contributed by atoms with Crippen LogP contribution in [0.4, 0.5) is 4.79 Å². The zero-order valence-electron chi connectivity index (χ0n) is 8.72. The zero-order valence-corrected chi connectivity index (χ0v) is 9.61. The minimum absolute atomic E-state index is 0.312. The SMILES string of the molecule is CN(CCS)C(=O)OCc1ccccc1. The van der Waals surface area contributed by atoms with E-state index < -0.39 is 0 Å². The van der Waals surface area contributed by atoms with E-state index in [1.54, 1.807) is 7.05 Å². The third-order valence-corrected chi connectivity index (χ3v) is 2.15. The van der Waals surface area contributed by atoms with Crippen LogP contribution in [-0.2, 0) is 11.3 Å². The number of hydrogen-bond donors (Lipinski definition) is 1. The summed E-state index contributed by atoms with van der Waals surface area (Å²) in [5.74, 6) is 0.636. The molecule has 0 aromatic heterocycles. The predicted molar refractivity (Wildman–Crippen MR) is 63.1 cm³/mol. The van der Waals surface area contributed by atoms with Crippen molar-refractivity contribution in [1.29, 1.82) is 0 Å². The van der Waals surface area contributed by atoms with Crippen molar-refractivity contribution in [3.8, 4) is 0 Å². The van der Waals surface area contributed by atoms with Crippen molar-refractivity contribution in [3.63, 3.8) is 0 Å². The summed E-state index contributed by atoms with van der Waals surface area (Å²) in [4.78, 5) is 12.9. The highest BCUT2D eigenvalue weighted by molar-refractivity contribution is 7.80. The van der Waals surface area contributed by atoms with Gasteiger partial charge in [-0.1, -0.05) is 30.3 Å². The molecule has 1 amide bonds. The molecule has 4 heteroatoms. The van der Waals surface area contributed by atoms with Gasteiger partial charge in [-0.25, -0.2) is 4.79 Å². The summed E-state index contributed by atoms with van der Waals surface area (Å²) in [6, 6.07) is 9.61. The van der Waals surface area contributed by atoms with Gasteiger partial charge in [0.2, 0.25) is 0 Å². The molecule has 0 aliphatic heterocycles. The molecule has 0 spiro atoms. The maximum Gasteiger partial charge on any atom is 0.409 e. The van der Waals surface area contributed by atoms with Crippen LogP contribution in [-0.4, -0.2) is 30.3 Å². The van der Waals surface area contributed by atoms with Crippen LogP contribution >= 0.6 is 12.6 Å². The van der Waals surface area contributed by atoms with Gasteiger partial charge in [0.25, 0.3) is 0 Å². The highest BCUT2D eigenvalue weighted by atomic mass is 32.1. The number of nitrogens with zero attached hydrogens (tertiary/aromatic N) is 1. The highest BCUT2D eigenvalue weighted by Crippen LogP contribution is 2.02. The van der Waals surface area contributed by atoms with Crippen LogP contribution in [0, 0.1) is 0 Å². The zero-order chi connectivity index (χ0) is 11.1. The van der Waals surface area contributed by atoms with E-state index in [0.29, 0.717) is 18.9 Å². The van der Waals surface area contributed by atoms with Gasteiger partial charge in [0, 0.05) is 19.3 Å². The standard InChI is InChI=1S/C11H15NO2S/c1-12(7-8-15)11(13)14-9-10-5-3-2-4-6-10/h2-6,15H,7-9H2,1H3. The van der Waals surface area contributed by atoms with Crippen molar-refractivity contribution >= 4 is 18.7 Å². The van der Waals surface area contributed by atoms with E-state index in [9.17, 15) is 4.79 Å². The number of benzene rings is 1. The largest absolute Gasteiger partial charge is 0.445 e. The van der Waals surface area contributed by atoms with Gasteiger partial charge in [0.05, 0.1) is 0 Å². The molecule has 0 saturated carbocycles. The number of thiol groups is 1. The molecule has 1 aromatic rings. The molecule has 0 fully saturated rings. The Balaban J connectivity index is 2.34. The lowest BCUT2D eigenvalue weighted by atomic mass is 10.2. The molecule has 0 unspecified atom stereocenters. The Morgan fingerprint density at radius 1 is 1.40 bits per heavy atom. The molecule has 0 bridgehead atoms. The molecule has 0 heterocycles. The van der Waals surface area contributed by atoms with Gasteiger partial charge < -0.3 is 9.64 Å². The minimum Gasteiger partial charge on any atom is -0.445 e. The van der Waals surface area contributed by atoms with Gasteiger partial charge >= 0.3 is 6.09 Å². The molecule has 0 saturated heterocycles. The van der Waals surface area contributed by atoms with E-state index in [1.807, 2.05) is 30.3 Å². The second-order valence-corrected chi connectivity index (χ2v) is 3.63. The lowest BCUT2D eigenvalue weighted by Gasteiger charge is -2.15. The van der Waals surface area contributed by atoms with E-state index in [1.165, 1.54) is 4.90 Å².